The van der Waals surface area contributed by atoms with E-state index in [-0.39, 0.29) is 0 Å². The summed E-state index contributed by atoms with van der Waals surface area (Å²) in [5.74, 6) is 0.764. The molecule has 0 spiro atoms. The lowest BCUT2D eigenvalue weighted by molar-refractivity contribution is 0.417. The van der Waals surface area contributed by atoms with Crippen LogP contribution in [0.4, 0.5) is 5.69 Å². The smallest absolute Gasteiger partial charge is 0.144 e. The minimum Gasteiger partial charge on any atom is -0.495 e. The van der Waals surface area contributed by atoms with Gasteiger partial charge in [-0.3, -0.25) is 4.98 Å². The third-order valence-electron chi connectivity index (χ3n) is 3.89. The van der Waals surface area contributed by atoms with Crippen LogP contribution in [0.2, 0.25) is 0 Å². The normalized spacial score (nSPS) is 14.9. The Morgan fingerprint density at radius 3 is 2.65 bits per heavy atom. The van der Waals surface area contributed by atoms with Crippen molar-refractivity contribution in [1.29, 1.82) is 0 Å². The summed E-state index contributed by atoms with van der Waals surface area (Å²) in [4.78, 5) is 4.86. The summed E-state index contributed by atoms with van der Waals surface area (Å²) >= 11 is 7.12. The van der Waals surface area contributed by atoms with Gasteiger partial charge in [-0.05, 0) is 69.2 Å². The maximum absolute atomic E-state index is 6.46. The molecule has 1 heterocycles. The number of nitrogen functional groups attached to an aromatic ring is 1. The fourth-order valence-corrected chi connectivity index (χ4v) is 4.33. The monoisotopic (exact) mass is 398 g/mol. The second-order valence-corrected chi connectivity index (χ2v) is 6.82. The van der Waals surface area contributed by atoms with Crippen LogP contribution >= 0.6 is 31.9 Å². The minimum atomic E-state index is 0.764. The summed E-state index contributed by atoms with van der Waals surface area (Å²) in [5.41, 5.74) is 10.5. The van der Waals surface area contributed by atoms with Crippen molar-refractivity contribution in [3.8, 4) is 5.75 Å². The summed E-state index contributed by atoms with van der Waals surface area (Å²) in [6.45, 7) is 0. The van der Waals surface area contributed by atoms with E-state index >= 15 is 0 Å². The Morgan fingerprint density at radius 2 is 1.90 bits per heavy atom. The number of hydrogen-bond acceptors (Lipinski definition) is 3. The summed E-state index contributed by atoms with van der Waals surface area (Å²) in [7, 11) is 1.67. The van der Waals surface area contributed by atoms with Gasteiger partial charge in [-0.25, -0.2) is 0 Å². The van der Waals surface area contributed by atoms with Crippen LogP contribution in [0, 0.1) is 0 Å². The zero-order valence-corrected chi connectivity index (χ0v) is 14.5. The standard InChI is InChI=1S/C15H16Br2N2O/c1-20-15-10(17)7-9(16)14-12(15)13(18)8-5-3-2-4-6-11(8)19-14/h7H,2-6H2,1H3,(H2,18,19). The van der Waals surface area contributed by atoms with Crippen LogP contribution in [-0.4, -0.2) is 12.1 Å². The van der Waals surface area contributed by atoms with Crippen LogP contribution in [0.5, 0.6) is 5.75 Å². The number of halogens is 2. The largest absolute Gasteiger partial charge is 0.495 e. The van der Waals surface area contributed by atoms with E-state index in [1.54, 1.807) is 7.11 Å². The van der Waals surface area contributed by atoms with Gasteiger partial charge < -0.3 is 10.5 Å². The Bertz CT molecular complexity index is 686. The second-order valence-electron chi connectivity index (χ2n) is 5.11. The molecular weight excluding hydrogens is 384 g/mol. The van der Waals surface area contributed by atoms with E-state index in [2.05, 4.69) is 31.9 Å². The molecule has 3 rings (SSSR count). The van der Waals surface area contributed by atoms with E-state index in [4.69, 9.17) is 15.5 Å². The summed E-state index contributed by atoms with van der Waals surface area (Å²) in [5, 5.41) is 0.911. The van der Waals surface area contributed by atoms with Crippen molar-refractivity contribution in [2.75, 3.05) is 12.8 Å². The van der Waals surface area contributed by atoms with E-state index in [9.17, 15) is 0 Å². The zero-order valence-electron chi connectivity index (χ0n) is 11.3. The van der Waals surface area contributed by atoms with Gasteiger partial charge in [0.15, 0.2) is 0 Å². The van der Waals surface area contributed by atoms with Crippen LogP contribution in [-0.2, 0) is 12.8 Å². The van der Waals surface area contributed by atoms with E-state index in [1.807, 2.05) is 6.07 Å². The van der Waals surface area contributed by atoms with Crippen molar-refractivity contribution < 1.29 is 4.74 Å². The molecule has 20 heavy (non-hydrogen) atoms. The summed E-state index contributed by atoms with van der Waals surface area (Å²) in [6, 6.07) is 1.97. The van der Waals surface area contributed by atoms with Gasteiger partial charge in [0.05, 0.1) is 22.5 Å². The third kappa shape index (κ3) is 2.21. The molecule has 0 saturated carbocycles. The number of fused-ring (bicyclic) bond motifs is 2. The molecule has 1 aromatic carbocycles. The van der Waals surface area contributed by atoms with Crippen LogP contribution in [0.15, 0.2) is 15.0 Å². The van der Waals surface area contributed by atoms with Crippen molar-refractivity contribution in [3.05, 3.63) is 26.3 Å². The van der Waals surface area contributed by atoms with E-state index < -0.39 is 0 Å². The molecule has 2 N–H and O–H groups in total. The maximum Gasteiger partial charge on any atom is 0.144 e. The van der Waals surface area contributed by atoms with Gasteiger partial charge in [0.1, 0.15) is 5.75 Å². The molecule has 3 nitrogen and oxygen atoms in total. The zero-order chi connectivity index (χ0) is 14.3. The number of aromatic nitrogens is 1. The first-order chi connectivity index (χ1) is 9.63. The van der Waals surface area contributed by atoms with Gasteiger partial charge in [0, 0.05) is 15.9 Å². The number of anilines is 1. The van der Waals surface area contributed by atoms with Gasteiger partial charge in [0.2, 0.25) is 0 Å². The highest BCUT2D eigenvalue weighted by molar-refractivity contribution is 9.11. The fourth-order valence-electron chi connectivity index (χ4n) is 2.92. The first-order valence-corrected chi connectivity index (χ1v) is 8.35. The van der Waals surface area contributed by atoms with Gasteiger partial charge in [-0.15, -0.1) is 0 Å². The van der Waals surface area contributed by atoms with Crippen LogP contribution < -0.4 is 10.5 Å². The Kier molecular flexibility index (Phi) is 3.91. The highest BCUT2D eigenvalue weighted by atomic mass is 79.9. The molecule has 0 radical (unpaired) electrons. The average Bonchev–Trinajstić information content (AvgIpc) is 2.66. The molecule has 2 aromatic rings. The van der Waals surface area contributed by atoms with Crippen LogP contribution in [0.1, 0.15) is 30.5 Å². The number of ether oxygens (including phenoxy) is 1. The molecule has 0 amide bonds. The van der Waals surface area contributed by atoms with E-state index in [1.165, 1.54) is 24.8 Å². The SMILES string of the molecule is COc1c(Br)cc(Br)c2nc3c(c(N)c12)CCCCC3. The summed E-state index contributed by atoms with van der Waals surface area (Å²) in [6.07, 6.45) is 5.64. The quantitative estimate of drug-likeness (QED) is 0.711. The Labute approximate surface area is 135 Å². The van der Waals surface area contributed by atoms with E-state index in [0.717, 1.165) is 49.8 Å². The number of methoxy groups -OCH3 is 1. The average molecular weight is 400 g/mol. The van der Waals surface area contributed by atoms with Gasteiger partial charge in [-0.2, -0.15) is 0 Å². The topological polar surface area (TPSA) is 48.1 Å². The number of nitrogens with zero attached hydrogens (tertiary/aromatic N) is 1. The molecule has 0 fully saturated rings. The molecule has 0 aliphatic heterocycles. The van der Waals surface area contributed by atoms with Crippen molar-refractivity contribution in [3.63, 3.8) is 0 Å². The lowest BCUT2D eigenvalue weighted by Gasteiger charge is -2.16. The maximum atomic E-state index is 6.46. The van der Waals surface area contributed by atoms with Crippen LogP contribution in [0.25, 0.3) is 10.9 Å². The number of benzene rings is 1. The predicted octanol–water partition coefficient (Wildman–Crippen LogP) is 4.62. The lowest BCUT2D eigenvalue weighted by Crippen LogP contribution is -2.04. The van der Waals surface area contributed by atoms with Gasteiger partial charge in [-0.1, -0.05) is 6.42 Å². The molecule has 0 atom stereocenters. The first-order valence-electron chi connectivity index (χ1n) is 6.76. The Hall–Kier alpha value is -0.810. The van der Waals surface area contributed by atoms with Gasteiger partial charge >= 0.3 is 0 Å². The highest BCUT2D eigenvalue weighted by Gasteiger charge is 2.20. The summed E-state index contributed by atoms with van der Waals surface area (Å²) < 4.78 is 7.36. The number of rotatable bonds is 1. The number of aryl methyl sites for hydroxylation is 1. The second kappa shape index (κ2) is 5.53. The molecular formula is C15H16Br2N2O. The number of hydrogen-bond donors (Lipinski definition) is 1. The van der Waals surface area contributed by atoms with Crippen molar-refractivity contribution in [2.45, 2.75) is 32.1 Å². The molecule has 0 unspecified atom stereocenters. The van der Waals surface area contributed by atoms with Crippen molar-refractivity contribution >= 4 is 48.5 Å². The highest BCUT2D eigenvalue weighted by Crippen LogP contribution is 2.43. The van der Waals surface area contributed by atoms with Gasteiger partial charge in [0.25, 0.3) is 0 Å². The van der Waals surface area contributed by atoms with Crippen molar-refractivity contribution in [1.82, 2.24) is 4.98 Å². The molecule has 1 aliphatic carbocycles. The molecule has 106 valence electrons. The molecule has 1 aromatic heterocycles. The number of nitrogens with two attached hydrogens (primary N) is 1. The fraction of sp³-hybridized carbons (Fsp3) is 0.400. The molecule has 0 saturated heterocycles. The Balaban J connectivity index is 2.40. The predicted molar refractivity (Wildman–Crippen MR) is 89.4 cm³/mol. The first kappa shape index (κ1) is 14.1. The lowest BCUT2D eigenvalue weighted by atomic mass is 10.0. The van der Waals surface area contributed by atoms with Crippen molar-refractivity contribution in [2.24, 2.45) is 0 Å². The molecule has 5 heteroatoms. The molecule has 1 aliphatic rings. The molecule has 0 bridgehead atoms. The van der Waals surface area contributed by atoms with Crippen LogP contribution in [0.3, 0.4) is 0 Å². The van der Waals surface area contributed by atoms with E-state index in [0.29, 0.717) is 0 Å². The number of pyridine rings is 1. The minimum absolute atomic E-state index is 0.764. The third-order valence-corrected chi connectivity index (χ3v) is 5.09. The Morgan fingerprint density at radius 1 is 1.15 bits per heavy atom.